The maximum absolute atomic E-state index is 13.3. The van der Waals surface area contributed by atoms with Gasteiger partial charge in [-0.1, -0.05) is 12.1 Å². The fourth-order valence-electron chi connectivity index (χ4n) is 3.08. The smallest absolute Gasteiger partial charge is 0.223 e. The Morgan fingerprint density at radius 2 is 2.19 bits per heavy atom. The second kappa shape index (κ2) is 6.56. The van der Waals surface area contributed by atoms with Gasteiger partial charge in [-0.2, -0.15) is 0 Å². The Kier molecular flexibility index (Phi) is 4.54. The minimum absolute atomic E-state index is 0.218. The summed E-state index contributed by atoms with van der Waals surface area (Å²) in [6.07, 6.45) is 6.09. The molecule has 1 aromatic carbocycles. The summed E-state index contributed by atoms with van der Waals surface area (Å²) in [5.41, 5.74) is 0.884. The van der Waals surface area contributed by atoms with Crippen LogP contribution in [0.3, 0.4) is 0 Å². The molecule has 0 bridgehead atoms. The molecule has 1 N–H and O–H groups in total. The van der Waals surface area contributed by atoms with Gasteiger partial charge < -0.3 is 10.2 Å². The molecule has 1 amide bonds. The third kappa shape index (κ3) is 4.03. The van der Waals surface area contributed by atoms with E-state index in [1.54, 1.807) is 6.07 Å². The zero-order chi connectivity index (χ0) is 14.7. The first-order valence-corrected chi connectivity index (χ1v) is 7.99. The predicted molar refractivity (Wildman–Crippen MR) is 80.2 cm³/mol. The molecule has 4 heteroatoms. The van der Waals surface area contributed by atoms with Gasteiger partial charge in [0.25, 0.3) is 0 Å². The molecule has 1 aliphatic carbocycles. The summed E-state index contributed by atoms with van der Waals surface area (Å²) in [5.74, 6) is -0.0127. The molecule has 1 aromatic rings. The highest BCUT2D eigenvalue weighted by molar-refractivity contribution is 5.77. The summed E-state index contributed by atoms with van der Waals surface area (Å²) >= 11 is 0. The first-order valence-electron chi connectivity index (χ1n) is 7.99. The van der Waals surface area contributed by atoms with E-state index in [1.807, 2.05) is 11.0 Å². The number of hydrogen-bond donors (Lipinski definition) is 1. The first kappa shape index (κ1) is 14.5. The molecule has 1 aliphatic heterocycles. The van der Waals surface area contributed by atoms with Gasteiger partial charge >= 0.3 is 0 Å². The van der Waals surface area contributed by atoms with Gasteiger partial charge in [-0.25, -0.2) is 4.39 Å². The van der Waals surface area contributed by atoms with Gasteiger partial charge in [-0.15, -0.1) is 0 Å². The van der Waals surface area contributed by atoms with Crippen LogP contribution in [-0.2, 0) is 11.3 Å². The molecule has 0 spiro atoms. The average Bonchev–Trinajstić information content (AvgIpc) is 3.18. The van der Waals surface area contributed by atoms with Crippen molar-refractivity contribution < 1.29 is 9.18 Å². The van der Waals surface area contributed by atoms with Crippen molar-refractivity contribution in [1.82, 2.24) is 10.2 Å². The number of rotatable bonds is 6. The molecule has 2 fully saturated rings. The van der Waals surface area contributed by atoms with Crippen LogP contribution in [0, 0.1) is 5.82 Å². The fourth-order valence-corrected chi connectivity index (χ4v) is 3.08. The number of nitrogens with one attached hydrogen (secondary N) is 1. The molecule has 0 aromatic heterocycles. The lowest BCUT2D eigenvalue weighted by atomic mass is 10.1. The third-order valence-corrected chi connectivity index (χ3v) is 4.42. The minimum atomic E-state index is -0.231. The van der Waals surface area contributed by atoms with E-state index in [1.165, 1.54) is 25.0 Å². The van der Waals surface area contributed by atoms with Gasteiger partial charge in [0, 0.05) is 25.0 Å². The minimum Gasteiger partial charge on any atom is -0.335 e. The lowest BCUT2D eigenvalue weighted by Crippen LogP contribution is -2.34. The summed E-state index contributed by atoms with van der Waals surface area (Å²) in [7, 11) is 0. The van der Waals surface area contributed by atoms with Gasteiger partial charge in [0.2, 0.25) is 5.91 Å². The van der Waals surface area contributed by atoms with Crippen molar-refractivity contribution in [2.45, 2.75) is 57.2 Å². The van der Waals surface area contributed by atoms with Crippen LogP contribution in [0.2, 0.25) is 0 Å². The van der Waals surface area contributed by atoms with Crippen LogP contribution in [0.4, 0.5) is 4.39 Å². The quantitative estimate of drug-likeness (QED) is 0.874. The highest BCUT2D eigenvalue weighted by Gasteiger charge is 2.32. The topological polar surface area (TPSA) is 32.3 Å². The Morgan fingerprint density at radius 1 is 1.33 bits per heavy atom. The second-order valence-electron chi connectivity index (χ2n) is 6.21. The molecule has 3 rings (SSSR count). The zero-order valence-electron chi connectivity index (χ0n) is 12.4. The van der Waals surface area contributed by atoms with E-state index in [-0.39, 0.29) is 11.7 Å². The molecular formula is C17H23FN2O. The van der Waals surface area contributed by atoms with Crippen LogP contribution in [0.5, 0.6) is 0 Å². The number of nitrogens with zero attached hydrogens (tertiary/aromatic N) is 1. The predicted octanol–water partition coefficient (Wildman–Crippen LogP) is 2.85. The maximum Gasteiger partial charge on any atom is 0.223 e. The largest absolute Gasteiger partial charge is 0.335 e. The second-order valence-corrected chi connectivity index (χ2v) is 6.21. The lowest BCUT2D eigenvalue weighted by molar-refractivity contribution is -0.132. The average molecular weight is 290 g/mol. The number of benzene rings is 1. The van der Waals surface area contributed by atoms with Crippen LogP contribution in [0.1, 0.15) is 44.1 Å². The van der Waals surface area contributed by atoms with E-state index < -0.39 is 0 Å². The molecule has 0 radical (unpaired) electrons. The van der Waals surface area contributed by atoms with Crippen molar-refractivity contribution in [2.24, 2.45) is 0 Å². The van der Waals surface area contributed by atoms with Gasteiger partial charge in [0.05, 0.1) is 0 Å². The molecule has 2 aliphatic rings. The summed E-state index contributed by atoms with van der Waals surface area (Å²) in [4.78, 5) is 14.4. The first-order chi connectivity index (χ1) is 10.2. The Hall–Kier alpha value is -1.42. The molecular weight excluding hydrogens is 267 g/mol. The van der Waals surface area contributed by atoms with Gasteiger partial charge in [0.15, 0.2) is 0 Å². The molecule has 1 atom stereocenters. The number of halogens is 1. The van der Waals surface area contributed by atoms with Gasteiger partial charge in [0.1, 0.15) is 5.82 Å². The van der Waals surface area contributed by atoms with E-state index in [4.69, 9.17) is 0 Å². The number of hydrogen-bond acceptors (Lipinski definition) is 2. The van der Waals surface area contributed by atoms with Crippen LogP contribution < -0.4 is 5.32 Å². The summed E-state index contributed by atoms with van der Waals surface area (Å²) in [5, 5.41) is 3.43. The number of amides is 1. The van der Waals surface area contributed by atoms with E-state index >= 15 is 0 Å². The van der Waals surface area contributed by atoms with Gasteiger partial charge in [-0.05, 0) is 56.3 Å². The fraction of sp³-hybridized carbons (Fsp3) is 0.588. The Bertz CT molecular complexity index is 495. The molecule has 21 heavy (non-hydrogen) atoms. The van der Waals surface area contributed by atoms with E-state index in [9.17, 15) is 9.18 Å². The Balaban J connectivity index is 1.57. The SMILES string of the molecule is O=C(CCC1CCCN1)N(Cc1cccc(F)c1)C1CC1. The van der Waals surface area contributed by atoms with Crippen LogP contribution in [0.25, 0.3) is 0 Å². The lowest BCUT2D eigenvalue weighted by Gasteiger charge is -2.23. The van der Waals surface area contributed by atoms with E-state index in [0.29, 0.717) is 25.0 Å². The standard InChI is InChI=1S/C17H23FN2O/c18-14-4-1-3-13(11-14)12-20(16-7-8-16)17(21)9-6-15-5-2-10-19-15/h1,3-4,11,15-16,19H,2,5-10,12H2. The molecule has 1 saturated heterocycles. The molecule has 1 unspecified atom stereocenters. The molecule has 3 nitrogen and oxygen atoms in total. The van der Waals surface area contributed by atoms with Crippen molar-refractivity contribution in [2.75, 3.05) is 6.54 Å². The summed E-state index contributed by atoms with van der Waals surface area (Å²) in [6, 6.07) is 7.45. The maximum atomic E-state index is 13.3. The third-order valence-electron chi connectivity index (χ3n) is 4.42. The monoisotopic (exact) mass is 290 g/mol. The highest BCUT2D eigenvalue weighted by Crippen LogP contribution is 2.29. The van der Waals surface area contributed by atoms with Crippen molar-refractivity contribution in [1.29, 1.82) is 0 Å². The highest BCUT2D eigenvalue weighted by atomic mass is 19.1. The van der Waals surface area contributed by atoms with Gasteiger partial charge in [-0.3, -0.25) is 4.79 Å². The molecule has 1 saturated carbocycles. The Labute approximate surface area is 125 Å². The van der Waals surface area contributed by atoms with E-state index in [0.717, 1.165) is 31.4 Å². The van der Waals surface area contributed by atoms with Crippen LogP contribution in [0.15, 0.2) is 24.3 Å². The number of carbonyl (C=O) groups excluding carboxylic acids is 1. The normalized spacial score (nSPS) is 21.5. The van der Waals surface area contributed by atoms with Crippen molar-refractivity contribution in [3.63, 3.8) is 0 Å². The van der Waals surface area contributed by atoms with Crippen molar-refractivity contribution in [3.05, 3.63) is 35.6 Å². The summed E-state index contributed by atoms with van der Waals surface area (Å²) < 4.78 is 13.3. The molecule has 1 heterocycles. The van der Waals surface area contributed by atoms with Crippen molar-refractivity contribution >= 4 is 5.91 Å². The van der Waals surface area contributed by atoms with E-state index in [2.05, 4.69) is 5.32 Å². The Morgan fingerprint density at radius 3 is 2.86 bits per heavy atom. The summed E-state index contributed by atoms with van der Waals surface area (Å²) in [6.45, 7) is 1.62. The zero-order valence-corrected chi connectivity index (χ0v) is 12.4. The van der Waals surface area contributed by atoms with Crippen LogP contribution in [-0.4, -0.2) is 29.4 Å². The van der Waals surface area contributed by atoms with Crippen LogP contribution >= 0.6 is 0 Å². The number of carbonyl (C=O) groups is 1. The van der Waals surface area contributed by atoms with Crippen molar-refractivity contribution in [3.8, 4) is 0 Å². The molecule has 114 valence electrons.